The lowest BCUT2D eigenvalue weighted by molar-refractivity contribution is 0.0938. The number of halogens is 3. The van der Waals surface area contributed by atoms with Gasteiger partial charge in [-0.05, 0) is 56.4 Å². The second kappa shape index (κ2) is 9.87. The molecule has 0 fully saturated rings. The first-order valence-corrected chi connectivity index (χ1v) is 9.38. The van der Waals surface area contributed by atoms with Crippen LogP contribution in [0, 0.1) is 5.82 Å². The van der Waals surface area contributed by atoms with Gasteiger partial charge in [0.25, 0.3) is 11.8 Å². The summed E-state index contributed by atoms with van der Waals surface area (Å²) in [5.41, 5.74) is 1.06. The Morgan fingerprint density at radius 3 is 2.32 bits per heavy atom. The molecule has 2 N–H and O–H groups in total. The molecule has 2 rings (SSSR count). The molecule has 0 radical (unpaired) electrons. The molecule has 28 heavy (non-hydrogen) atoms. The molecule has 5 nitrogen and oxygen atoms in total. The zero-order valence-electron chi connectivity index (χ0n) is 15.9. The molecule has 0 saturated heterocycles. The number of likely N-dealkylation sites (N-methyl/N-ethyl adjacent to an activating group) is 1. The number of nitrogens with zero attached hydrogens (tertiary/aromatic N) is 1. The maximum atomic E-state index is 14.2. The summed E-state index contributed by atoms with van der Waals surface area (Å²) in [5.74, 6) is -1.36. The molecule has 2 aromatic rings. The van der Waals surface area contributed by atoms with Crippen LogP contribution in [0.15, 0.2) is 36.4 Å². The number of carbonyl (C=O) groups excluding carboxylic acids is 2. The summed E-state index contributed by atoms with van der Waals surface area (Å²) in [6.07, 6.45) is 0.493. The van der Waals surface area contributed by atoms with Crippen molar-refractivity contribution in [1.82, 2.24) is 15.5 Å². The normalized spacial score (nSPS) is 12.0. The Morgan fingerprint density at radius 1 is 1.07 bits per heavy atom. The molecule has 0 heterocycles. The molecule has 0 unspecified atom stereocenters. The van der Waals surface area contributed by atoms with Crippen LogP contribution in [0.2, 0.25) is 10.0 Å². The van der Waals surface area contributed by atoms with Crippen molar-refractivity contribution in [1.29, 1.82) is 0 Å². The minimum absolute atomic E-state index is 0.00154. The highest BCUT2D eigenvalue weighted by molar-refractivity contribution is 6.36. The van der Waals surface area contributed by atoms with E-state index < -0.39 is 11.7 Å². The fourth-order valence-corrected chi connectivity index (χ4v) is 3.19. The van der Waals surface area contributed by atoms with Gasteiger partial charge in [-0.25, -0.2) is 4.39 Å². The Morgan fingerprint density at radius 2 is 1.75 bits per heavy atom. The Labute approximate surface area is 173 Å². The van der Waals surface area contributed by atoms with E-state index in [4.69, 9.17) is 23.2 Å². The Kier molecular flexibility index (Phi) is 7.80. The zero-order chi connectivity index (χ0) is 20.8. The van der Waals surface area contributed by atoms with Crippen LogP contribution in [0.4, 0.5) is 4.39 Å². The van der Waals surface area contributed by atoms with Gasteiger partial charge in [0.05, 0.1) is 16.1 Å². The predicted octanol–water partition coefficient (Wildman–Crippen LogP) is 3.39. The van der Waals surface area contributed by atoms with Crippen LogP contribution in [-0.2, 0) is 6.42 Å². The van der Waals surface area contributed by atoms with E-state index in [-0.39, 0.29) is 22.5 Å². The number of hydrogen-bond acceptors (Lipinski definition) is 3. The van der Waals surface area contributed by atoms with E-state index in [1.54, 1.807) is 18.2 Å². The van der Waals surface area contributed by atoms with E-state index in [2.05, 4.69) is 10.6 Å². The first kappa shape index (κ1) is 22.1. The second-order valence-corrected chi connectivity index (χ2v) is 7.39. The maximum Gasteiger partial charge on any atom is 0.253 e. The van der Waals surface area contributed by atoms with E-state index in [1.165, 1.54) is 25.2 Å². The summed E-state index contributed by atoms with van der Waals surface area (Å²) in [6.45, 7) is 0.337. The number of rotatable bonds is 7. The molecule has 1 atom stereocenters. The molecular weight excluding hydrogens is 404 g/mol. The monoisotopic (exact) mass is 425 g/mol. The van der Waals surface area contributed by atoms with E-state index in [0.717, 1.165) is 5.56 Å². The lowest BCUT2D eigenvalue weighted by Crippen LogP contribution is -2.41. The number of carbonyl (C=O) groups is 2. The van der Waals surface area contributed by atoms with Gasteiger partial charge in [0.2, 0.25) is 0 Å². The van der Waals surface area contributed by atoms with Crippen molar-refractivity contribution >= 4 is 35.0 Å². The van der Waals surface area contributed by atoms with Crippen molar-refractivity contribution in [3.63, 3.8) is 0 Å². The highest BCUT2D eigenvalue weighted by Crippen LogP contribution is 2.21. The minimum Gasteiger partial charge on any atom is -0.355 e. The fraction of sp³-hybridized carbons (Fsp3) is 0.300. The minimum atomic E-state index is -0.577. The van der Waals surface area contributed by atoms with Crippen molar-refractivity contribution in [2.75, 3.05) is 27.7 Å². The van der Waals surface area contributed by atoms with Crippen molar-refractivity contribution < 1.29 is 14.0 Å². The van der Waals surface area contributed by atoms with Crippen LogP contribution in [0.1, 0.15) is 26.3 Å². The van der Waals surface area contributed by atoms with Gasteiger partial charge in [0, 0.05) is 24.7 Å². The molecule has 8 heteroatoms. The molecule has 0 saturated carbocycles. The average molecular weight is 426 g/mol. The van der Waals surface area contributed by atoms with Gasteiger partial charge in [-0.3, -0.25) is 9.59 Å². The fourth-order valence-electron chi connectivity index (χ4n) is 2.69. The van der Waals surface area contributed by atoms with Gasteiger partial charge in [-0.1, -0.05) is 29.3 Å². The van der Waals surface area contributed by atoms with Gasteiger partial charge in [-0.2, -0.15) is 0 Å². The van der Waals surface area contributed by atoms with Crippen molar-refractivity contribution in [2.24, 2.45) is 0 Å². The molecule has 2 amide bonds. The number of nitrogens with one attached hydrogen (secondary N) is 2. The Hall–Kier alpha value is -2.15. The number of hydrogen-bond donors (Lipinski definition) is 2. The first-order chi connectivity index (χ1) is 13.2. The summed E-state index contributed by atoms with van der Waals surface area (Å²) in [6, 6.07) is 9.11. The molecular formula is C20H22Cl2FN3O2. The summed E-state index contributed by atoms with van der Waals surface area (Å²) < 4.78 is 14.2. The topological polar surface area (TPSA) is 61.4 Å². The first-order valence-electron chi connectivity index (χ1n) is 8.63. The van der Waals surface area contributed by atoms with Crippen molar-refractivity contribution in [2.45, 2.75) is 12.5 Å². The summed E-state index contributed by atoms with van der Waals surface area (Å²) in [7, 11) is 5.20. The van der Waals surface area contributed by atoms with E-state index in [1.807, 2.05) is 19.0 Å². The quantitative estimate of drug-likeness (QED) is 0.714. The molecule has 0 aliphatic carbocycles. The van der Waals surface area contributed by atoms with E-state index in [0.29, 0.717) is 23.6 Å². The van der Waals surface area contributed by atoms with Crippen LogP contribution >= 0.6 is 23.2 Å². The highest BCUT2D eigenvalue weighted by atomic mass is 35.5. The third-order valence-electron chi connectivity index (χ3n) is 4.38. The highest BCUT2D eigenvalue weighted by Gasteiger charge is 2.18. The van der Waals surface area contributed by atoms with Crippen molar-refractivity contribution in [3.05, 3.63) is 69.0 Å². The predicted molar refractivity (Wildman–Crippen MR) is 110 cm³/mol. The lowest BCUT2D eigenvalue weighted by Gasteiger charge is -2.25. The SMILES string of the molecule is CNC(=O)c1ccc(C[C@@H](CNC(=O)c2ccc(Cl)cc2Cl)N(C)C)cc1F. The Bertz CT molecular complexity index is 875. The van der Waals surface area contributed by atoms with Gasteiger partial charge in [-0.15, -0.1) is 0 Å². The number of amides is 2. The summed E-state index contributed by atoms with van der Waals surface area (Å²) in [4.78, 5) is 26.0. The molecule has 0 aliphatic rings. The van der Waals surface area contributed by atoms with Gasteiger partial charge < -0.3 is 15.5 Å². The molecule has 0 aromatic heterocycles. The van der Waals surface area contributed by atoms with Gasteiger partial charge >= 0.3 is 0 Å². The van der Waals surface area contributed by atoms with Crippen LogP contribution in [0.3, 0.4) is 0 Å². The number of benzene rings is 2. The second-order valence-electron chi connectivity index (χ2n) is 6.55. The molecule has 150 valence electrons. The summed E-state index contributed by atoms with van der Waals surface area (Å²) in [5, 5.41) is 5.98. The van der Waals surface area contributed by atoms with Crippen LogP contribution in [0.5, 0.6) is 0 Å². The Balaban J connectivity index is 2.06. The van der Waals surface area contributed by atoms with Crippen molar-refractivity contribution in [3.8, 4) is 0 Å². The maximum absolute atomic E-state index is 14.2. The van der Waals surface area contributed by atoms with E-state index in [9.17, 15) is 14.0 Å². The van der Waals surface area contributed by atoms with Gasteiger partial charge in [0.1, 0.15) is 5.82 Å². The van der Waals surface area contributed by atoms with Crippen LogP contribution < -0.4 is 10.6 Å². The summed E-state index contributed by atoms with van der Waals surface area (Å²) >= 11 is 11.9. The van der Waals surface area contributed by atoms with E-state index >= 15 is 0 Å². The molecule has 0 spiro atoms. The third kappa shape index (κ3) is 5.67. The zero-order valence-corrected chi connectivity index (χ0v) is 17.4. The van der Waals surface area contributed by atoms with Crippen LogP contribution in [0.25, 0.3) is 0 Å². The van der Waals surface area contributed by atoms with Crippen LogP contribution in [-0.4, -0.2) is 50.4 Å². The lowest BCUT2D eigenvalue weighted by atomic mass is 10.0. The largest absolute Gasteiger partial charge is 0.355 e. The average Bonchev–Trinajstić information content (AvgIpc) is 2.64. The smallest absolute Gasteiger partial charge is 0.253 e. The molecule has 0 bridgehead atoms. The standard InChI is InChI=1S/C20H22Cl2FN3O2/c1-24-19(27)16-6-4-12(9-18(16)23)8-14(26(2)3)11-25-20(28)15-7-5-13(21)10-17(15)22/h4-7,9-10,14H,8,11H2,1-3H3,(H,24,27)(H,25,28)/t14-/m0/s1. The third-order valence-corrected chi connectivity index (χ3v) is 4.93. The molecule has 2 aromatic carbocycles. The molecule has 0 aliphatic heterocycles. The van der Waals surface area contributed by atoms with Gasteiger partial charge in [0.15, 0.2) is 0 Å².